The van der Waals surface area contributed by atoms with Crippen molar-refractivity contribution in [3.05, 3.63) is 22.4 Å². The van der Waals surface area contributed by atoms with Gasteiger partial charge in [-0.1, -0.05) is 0 Å². The van der Waals surface area contributed by atoms with E-state index in [-0.39, 0.29) is 6.61 Å². The summed E-state index contributed by atoms with van der Waals surface area (Å²) < 4.78 is 53.0. The molecule has 0 aliphatic heterocycles. The van der Waals surface area contributed by atoms with Gasteiger partial charge < -0.3 is 10.5 Å². The van der Waals surface area contributed by atoms with Crippen LogP contribution in [0.5, 0.6) is 0 Å². The summed E-state index contributed by atoms with van der Waals surface area (Å²) in [6, 6.07) is 1.39. The van der Waals surface area contributed by atoms with Crippen molar-refractivity contribution in [1.82, 2.24) is 0 Å². The third-order valence-electron chi connectivity index (χ3n) is 2.02. The molecule has 2 N–H and O–H groups in total. The average molecular weight is 271 g/mol. The second-order valence-electron chi connectivity index (χ2n) is 3.67. The van der Waals surface area contributed by atoms with E-state index in [1.807, 2.05) is 16.8 Å². The molecule has 98 valence electrons. The Balaban J connectivity index is 2.22. The number of hydrogen-bond donors (Lipinski definition) is 1. The average Bonchev–Trinajstić information content (AvgIpc) is 2.69. The van der Waals surface area contributed by atoms with Crippen molar-refractivity contribution in [3.63, 3.8) is 0 Å². The third-order valence-corrected chi connectivity index (χ3v) is 2.76. The van der Waals surface area contributed by atoms with E-state index >= 15 is 0 Å². The Kier molecular flexibility index (Phi) is 5.35. The normalized spacial score (nSPS) is 14.2. The number of hydrogen-bond acceptors (Lipinski definition) is 3. The van der Waals surface area contributed by atoms with Crippen molar-refractivity contribution < 1.29 is 22.3 Å². The lowest BCUT2D eigenvalue weighted by Crippen LogP contribution is -2.36. The molecule has 2 nitrogen and oxygen atoms in total. The summed E-state index contributed by atoms with van der Waals surface area (Å²) in [6.07, 6.45) is -3.24. The maximum atomic E-state index is 12.5. The molecule has 1 aromatic heterocycles. The first-order valence-electron chi connectivity index (χ1n) is 4.92. The lowest BCUT2D eigenvalue weighted by Gasteiger charge is -2.17. The summed E-state index contributed by atoms with van der Waals surface area (Å²) in [5, 5.41) is 3.75. The van der Waals surface area contributed by atoms with Crippen molar-refractivity contribution in [2.24, 2.45) is 5.73 Å². The van der Waals surface area contributed by atoms with E-state index in [4.69, 9.17) is 5.73 Å². The SMILES string of the molecule is NC(COCC(F)(F)C(F)F)Cc1ccsc1. The Morgan fingerprint density at radius 3 is 2.65 bits per heavy atom. The highest BCUT2D eigenvalue weighted by atomic mass is 32.1. The van der Waals surface area contributed by atoms with Crippen LogP contribution in [0.25, 0.3) is 0 Å². The summed E-state index contributed by atoms with van der Waals surface area (Å²) in [5.41, 5.74) is 6.60. The Morgan fingerprint density at radius 2 is 2.12 bits per heavy atom. The molecule has 0 aromatic carbocycles. The molecule has 0 bridgehead atoms. The van der Waals surface area contributed by atoms with Crippen molar-refractivity contribution in [2.75, 3.05) is 13.2 Å². The second kappa shape index (κ2) is 6.32. The molecule has 0 aliphatic rings. The van der Waals surface area contributed by atoms with Gasteiger partial charge in [-0.05, 0) is 28.8 Å². The van der Waals surface area contributed by atoms with Gasteiger partial charge in [-0.3, -0.25) is 0 Å². The molecule has 0 saturated carbocycles. The van der Waals surface area contributed by atoms with Crippen LogP contribution >= 0.6 is 11.3 Å². The fourth-order valence-electron chi connectivity index (χ4n) is 1.18. The van der Waals surface area contributed by atoms with E-state index in [1.54, 1.807) is 0 Å². The second-order valence-corrected chi connectivity index (χ2v) is 4.45. The number of thiophene rings is 1. The van der Waals surface area contributed by atoms with Crippen LogP contribution in [0.4, 0.5) is 17.6 Å². The van der Waals surface area contributed by atoms with E-state index in [0.29, 0.717) is 6.42 Å². The van der Waals surface area contributed by atoms with E-state index < -0.39 is 25.0 Å². The molecule has 1 rings (SSSR count). The summed E-state index contributed by atoms with van der Waals surface area (Å²) >= 11 is 1.50. The number of ether oxygens (including phenoxy) is 1. The van der Waals surface area contributed by atoms with Crippen LogP contribution in [0, 0.1) is 0 Å². The maximum absolute atomic E-state index is 12.5. The molecule has 0 radical (unpaired) electrons. The van der Waals surface area contributed by atoms with Crippen molar-refractivity contribution in [2.45, 2.75) is 24.8 Å². The van der Waals surface area contributed by atoms with Crippen molar-refractivity contribution in [1.29, 1.82) is 0 Å². The zero-order valence-corrected chi connectivity index (χ0v) is 9.73. The highest BCUT2D eigenvalue weighted by Gasteiger charge is 2.40. The quantitative estimate of drug-likeness (QED) is 0.773. The monoisotopic (exact) mass is 271 g/mol. The molecule has 0 aliphatic carbocycles. The van der Waals surface area contributed by atoms with Gasteiger partial charge in [0, 0.05) is 6.04 Å². The predicted molar refractivity (Wildman–Crippen MR) is 57.8 cm³/mol. The van der Waals surface area contributed by atoms with Gasteiger partial charge in [-0.2, -0.15) is 20.1 Å². The molecular formula is C10H13F4NOS. The smallest absolute Gasteiger partial charge is 0.330 e. The number of halogens is 4. The van der Waals surface area contributed by atoms with Gasteiger partial charge in [0.1, 0.15) is 6.61 Å². The standard InChI is InChI=1S/C10H13F4NOS/c11-9(12)10(13,14)6-16-4-8(15)3-7-1-2-17-5-7/h1-2,5,8-9H,3-4,6,15H2. The zero-order valence-electron chi connectivity index (χ0n) is 8.91. The van der Waals surface area contributed by atoms with E-state index in [2.05, 4.69) is 4.74 Å². The summed E-state index contributed by atoms with van der Waals surface area (Å²) in [7, 11) is 0. The van der Waals surface area contributed by atoms with Gasteiger partial charge in [0.2, 0.25) is 0 Å². The van der Waals surface area contributed by atoms with Gasteiger partial charge in [0.05, 0.1) is 6.61 Å². The van der Waals surface area contributed by atoms with Crippen LogP contribution in [0.1, 0.15) is 5.56 Å². The van der Waals surface area contributed by atoms with Crippen LogP contribution in [0.15, 0.2) is 16.8 Å². The lowest BCUT2D eigenvalue weighted by molar-refractivity contribution is -0.166. The van der Waals surface area contributed by atoms with Crippen molar-refractivity contribution >= 4 is 11.3 Å². The molecule has 7 heteroatoms. The zero-order chi connectivity index (χ0) is 12.9. The number of nitrogens with two attached hydrogens (primary N) is 1. The van der Waals surface area contributed by atoms with Crippen LogP contribution in [-0.2, 0) is 11.2 Å². The van der Waals surface area contributed by atoms with Gasteiger partial charge in [-0.15, -0.1) is 0 Å². The topological polar surface area (TPSA) is 35.2 Å². The van der Waals surface area contributed by atoms with Crippen LogP contribution < -0.4 is 5.73 Å². The molecule has 0 fully saturated rings. The highest BCUT2D eigenvalue weighted by molar-refractivity contribution is 7.07. The van der Waals surface area contributed by atoms with Gasteiger partial charge in [-0.25, -0.2) is 8.78 Å². The first-order valence-corrected chi connectivity index (χ1v) is 5.86. The Morgan fingerprint density at radius 1 is 1.41 bits per heavy atom. The molecule has 1 heterocycles. The first-order chi connectivity index (χ1) is 7.92. The van der Waals surface area contributed by atoms with E-state index in [1.165, 1.54) is 11.3 Å². The summed E-state index contributed by atoms with van der Waals surface area (Å²) in [4.78, 5) is 0. The predicted octanol–water partition coefficient (Wildman–Crippen LogP) is 2.53. The van der Waals surface area contributed by atoms with Gasteiger partial charge in [0.15, 0.2) is 0 Å². The minimum Gasteiger partial charge on any atom is -0.373 e. The molecule has 0 spiro atoms. The van der Waals surface area contributed by atoms with E-state index in [9.17, 15) is 17.6 Å². The van der Waals surface area contributed by atoms with Gasteiger partial charge >= 0.3 is 12.3 Å². The Bertz CT molecular complexity index is 318. The molecular weight excluding hydrogens is 258 g/mol. The molecule has 1 atom stereocenters. The third kappa shape index (κ3) is 5.01. The lowest BCUT2D eigenvalue weighted by atomic mass is 10.1. The number of rotatable bonds is 7. The van der Waals surface area contributed by atoms with Gasteiger partial charge in [0.25, 0.3) is 0 Å². The first kappa shape index (κ1) is 14.4. The van der Waals surface area contributed by atoms with Crippen LogP contribution in [0.3, 0.4) is 0 Å². The fourth-order valence-corrected chi connectivity index (χ4v) is 1.86. The number of alkyl halides is 4. The molecule has 0 amide bonds. The van der Waals surface area contributed by atoms with Crippen LogP contribution in [-0.4, -0.2) is 31.6 Å². The maximum Gasteiger partial charge on any atom is 0.330 e. The minimum atomic E-state index is -4.11. The summed E-state index contributed by atoms with van der Waals surface area (Å²) in [6.45, 7) is -1.47. The highest BCUT2D eigenvalue weighted by Crippen LogP contribution is 2.22. The molecule has 17 heavy (non-hydrogen) atoms. The van der Waals surface area contributed by atoms with Crippen LogP contribution in [0.2, 0.25) is 0 Å². The molecule has 0 saturated heterocycles. The van der Waals surface area contributed by atoms with Crippen molar-refractivity contribution in [3.8, 4) is 0 Å². The fraction of sp³-hybridized carbons (Fsp3) is 0.600. The summed E-state index contributed by atoms with van der Waals surface area (Å²) in [5.74, 6) is -4.11. The Hall–Kier alpha value is -0.660. The van der Waals surface area contributed by atoms with E-state index in [0.717, 1.165) is 5.56 Å². The molecule has 1 unspecified atom stereocenters. The molecule has 1 aromatic rings. The Labute approximate surface area is 100 Å². The minimum absolute atomic E-state index is 0.168. The largest absolute Gasteiger partial charge is 0.373 e.